The minimum Gasteiger partial charge on any atom is -0.314 e. The van der Waals surface area contributed by atoms with Gasteiger partial charge in [0.2, 0.25) is 0 Å². The largest absolute Gasteiger partial charge is 0.314 e. The summed E-state index contributed by atoms with van der Waals surface area (Å²) < 4.78 is 0. The number of rotatable bonds is 6. The van der Waals surface area contributed by atoms with Crippen molar-refractivity contribution in [1.82, 2.24) is 5.32 Å². The molecule has 2 rings (SSSR count). The fourth-order valence-electron chi connectivity index (χ4n) is 2.20. The third-order valence-corrected chi connectivity index (χ3v) is 4.25. The highest BCUT2D eigenvalue weighted by Crippen LogP contribution is 2.23. The van der Waals surface area contributed by atoms with Crippen LogP contribution in [-0.2, 0) is 6.42 Å². The van der Waals surface area contributed by atoms with Crippen molar-refractivity contribution in [3.8, 4) is 0 Å². The van der Waals surface area contributed by atoms with Crippen molar-refractivity contribution in [2.45, 2.75) is 39.2 Å². The predicted octanol–water partition coefficient (Wildman–Crippen LogP) is 4.38. The summed E-state index contributed by atoms with van der Waals surface area (Å²) in [4.78, 5) is 1.47. The van der Waals surface area contributed by atoms with Crippen molar-refractivity contribution >= 4 is 11.3 Å². The summed E-state index contributed by atoms with van der Waals surface area (Å²) in [5.74, 6) is 0.557. The molecule has 1 N–H and O–H groups in total. The van der Waals surface area contributed by atoms with Crippen LogP contribution < -0.4 is 5.32 Å². The van der Waals surface area contributed by atoms with Gasteiger partial charge in [0.05, 0.1) is 0 Å². The van der Waals surface area contributed by atoms with Crippen molar-refractivity contribution in [3.63, 3.8) is 0 Å². The summed E-state index contributed by atoms with van der Waals surface area (Å²) in [6.45, 7) is 7.59. The van der Waals surface area contributed by atoms with Gasteiger partial charge in [0.25, 0.3) is 0 Å². The smallest absolute Gasteiger partial charge is 0.00517 e. The molecule has 0 amide bonds. The summed E-state index contributed by atoms with van der Waals surface area (Å²) >= 11 is 1.86. The van der Waals surface area contributed by atoms with E-state index in [2.05, 4.69) is 67.9 Å². The number of aryl methyl sites for hydroxylation is 1. The van der Waals surface area contributed by atoms with Crippen LogP contribution in [0.5, 0.6) is 0 Å². The number of thiophene rings is 1. The Morgan fingerprint density at radius 3 is 2.42 bits per heavy atom. The van der Waals surface area contributed by atoms with Crippen LogP contribution in [0.1, 0.15) is 35.8 Å². The Balaban J connectivity index is 2.11. The van der Waals surface area contributed by atoms with Crippen LogP contribution in [0.25, 0.3) is 0 Å². The lowest BCUT2D eigenvalue weighted by molar-refractivity contribution is 0.528. The minimum absolute atomic E-state index is 0.538. The van der Waals surface area contributed by atoms with Crippen LogP contribution in [0.2, 0.25) is 0 Å². The summed E-state index contributed by atoms with van der Waals surface area (Å²) in [7, 11) is 0. The molecule has 1 aromatic heterocycles. The van der Waals surface area contributed by atoms with Crippen molar-refractivity contribution in [2.75, 3.05) is 6.54 Å². The normalized spacial score (nSPS) is 12.8. The first-order valence-corrected chi connectivity index (χ1v) is 7.85. The lowest BCUT2D eigenvalue weighted by Gasteiger charge is -2.19. The highest BCUT2D eigenvalue weighted by atomic mass is 32.1. The Bertz CT molecular complexity index is 470. The summed E-state index contributed by atoms with van der Waals surface area (Å²) in [6, 6.07) is 13.9. The maximum atomic E-state index is 3.58. The van der Waals surface area contributed by atoms with Gasteiger partial charge in [-0.05, 0) is 30.4 Å². The molecule has 102 valence electrons. The van der Waals surface area contributed by atoms with E-state index in [9.17, 15) is 0 Å². The molecule has 1 heterocycles. The second-order valence-corrected chi connectivity index (χ2v) is 6.49. The second-order valence-electron chi connectivity index (χ2n) is 5.45. The molecule has 0 aliphatic rings. The van der Waals surface area contributed by atoms with Crippen molar-refractivity contribution < 1.29 is 0 Å². The Labute approximate surface area is 120 Å². The molecular weight excluding hydrogens is 250 g/mol. The average molecular weight is 273 g/mol. The van der Waals surface area contributed by atoms with E-state index in [1.54, 1.807) is 0 Å². The van der Waals surface area contributed by atoms with Crippen LogP contribution in [0.3, 0.4) is 0 Å². The monoisotopic (exact) mass is 273 g/mol. The van der Waals surface area contributed by atoms with Crippen LogP contribution in [0, 0.1) is 6.92 Å². The summed E-state index contributed by atoms with van der Waals surface area (Å²) in [5, 5.41) is 5.74. The van der Waals surface area contributed by atoms with Gasteiger partial charge in [-0.25, -0.2) is 0 Å². The fourth-order valence-corrected chi connectivity index (χ4v) is 2.98. The topological polar surface area (TPSA) is 12.0 Å². The van der Waals surface area contributed by atoms with Gasteiger partial charge in [-0.1, -0.05) is 49.7 Å². The van der Waals surface area contributed by atoms with E-state index in [4.69, 9.17) is 0 Å². The molecular formula is C17H23NS. The molecule has 0 bridgehead atoms. The van der Waals surface area contributed by atoms with E-state index >= 15 is 0 Å². The van der Waals surface area contributed by atoms with E-state index in [-0.39, 0.29) is 0 Å². The molecule has 0 saturated heterocycles. The molecule has 1 atom stereocenters. The molecule has 1 aromatic carbocycles. The first-order chi connectivity index (χ1) is 9.15. The third kappa shape index (κ3) is 4.48. The Kier molecular flexibility index (Phi) is 5.17. The third-order valence-electron chi connectivity index (χ3n) is 3.35. The van der Waals surface area contributed by atoms with Gasteiger partial charge in [-0.3, -0.25) is 0 Å². The Hall–Kier alpha value is -1.12. The van der Waals surface area contributed by atoms with Crippen molar-refractivity contribution in [1.29, 1.82) is 0 Å². The number of nitrogens with one attached hydrogen (secondary N) is 1. The number of hydrogen-bond acceptors (Lipinski definition) is 2. The van der Waals surface area contributed by atoms with Crippen molar-refractivity contribution in [3.05, 3.63) is 57.8 Å². The van der Waals surface area contributed by atoms with E-state index in [0.29, 0.717) is 12.0 Å². The lowest BCUT2D eigenvalue weighted by Crippen LogP contribution is -2.28. The van der Waals surface area contributed by atoms with Gasteiger partial charge < -0.3 is 5.32 Å². The predicted molar refractivity (Wildman–Crippen MR) is 85.1 cm³/mol. The highest BCUT2D eigenvalue weighted by Gasteiger charge is 2.13. The van der Waals surface area contributed by atoms with Gasteiger partial charge in [0.15, 0.2) is 0 Å². The minimum atomic E-state index is 0.538. The van der Waals surface area contributed by atoms with Crippen LogP contribution in [0.4, 0.5) is 0 Å². The first-order valence-electron chi connectivity index (χ1n) is 6.97. The van der Waals surface area contributed by atoms with Crippen LogP contribution in [-0.4, -0.2) is 12.6 Å². The number of benzene rings is 1. The molecule has 0 fully saturated rings. The lowest BCUT2D eigenvalue weighted by atomic mass is 9.94. The van der Waals surface area contributed by atoms with E-state index in [0.717, 1.165) is 13.0 Å². The zero-order valence-electron chi connectivity index (χ0n) is 12.0. The van der Waals surface area contributed by atoms with Crippen LogP contribution >= 0.6 is 11.3 Å². The average Bonchev–Trinajstić information content (AvgIpc) is 2.88. The van der Waals surface area contributed by atoms with Gasteiger partial charge >= 0.3 is 0 Å². The van der Waals surface area contributed by atoms with Gasteiger partial charge in [0, 0.05) is 23.4 Å². The molecule has 0 saturated carbocycles. The van der Waals surface area contributed by atoms with Gasteiger partial charge in [0.1, 0.15) is 0 Å². The van der Waals surface area contributed by atoms with E-state index < -0.39 is 0 Å². The molecule has 2 aromatic rings. The maximum Gasteiger partial charge on any atom is 0.00517 e. The van der Waals surface area contributed by atoms with E-state index in [1.807, 2.05) is 11.3 Å². The van der Waals surface area contributed by atoms with Gasteiger partial charge in [-0.15, -0.1) is 11.3 Å². The summed E-state index contributed by atoms with van der Waals surface area (Å²) in [5.41, 5.74) is 2.77. The Morgan fingerprint density at radius 1 is 1.11 bits per heavy atom. The quantitative estimate of drug-likeness (QED) is 0.823. The molecule has 0 aliphatic carbocycles. The first kappa shape index (κ1) is 14.3. The SMILES string of the molecule is Cc1ccc(C(CNC(C)C)Cc2cccs2)cc1. The van der Waals surface area contributed by atoms with Crippen molar-refractivity contribution in [2.24, 2.45) is 0 Å². The van der Waals surface area contributed by atoms with Crippen LogP contribution in [0.15, 0.2) is 41.8 Å². The Morgan fingerprint density at radius 2 is 1.84 bits per heavy atom. The molecule has 2 heteroatoms. The molecule has 0 aliphatic heterocycles. The zero-order chi connectivity index (χ0) is 13.7. The van der Waals surface area contributed by atoms with E-state index in [1.165, 1.54) is 16.0 Å². The van der Waals surface area contributed by atoms with Gasteiger partial charge in [-0.2, -0.15) is 0 Å². The molecule has 1 nitrogen and oxygen atoms in total. The molecule has 0 spiro atoms. The molecule has 0 radical (unpaired) electrons. The standard InChI is InChI=1S/C17H23NS/c1-13(2)18-12-16(11-17-5-4-10-19-17)15-8-6-14(3)7-9-15/h4-10,13,16,18H,11-12H2,1-3H3. The summed E-state index contributed by atoms with van der Waals surface area (Å²) in [6.07, 6.45) is 1.13. The molecule has 19 heavy (non-hydrogen) atoms. The highest BCUT2D eigenvalue weighted by molar-refractivity contribution is 7.09. The maximum absolute atomic E-state index is 3.58. The number of hydrogen-bond donors (Lipinski definition) is 1. The molecule has 1 unspecified atom stereocenters. The zero-order valence-corrected chi connectivity index (χ0v) is 12.8. The fraction of sp³-hybridized carbons (Fsp3) is 0.412. The second kappa shape index (κ2) is 6.88.